The number of nitrogens with zero attached hydrogens (tertiary/aromatic N) is 3. The van der Waals surface area contributed by atoms with Crippen LogP contribution in [0.25, 0.3) is 11.4 Å². The van der Waals surface area contributed by atoms with Crippen molar-refractivity contribution in [2.75, 3.05) is 7.05 Å². The topological polar surface area (TPSA) is 59.2 Å². The lowest BCUT2D eigenvalue weighted by atomic mass is 10.1. The van der Waals surface area contributed by atoms with Crippen LogP contribution in [0.15, 0.2) is 40.2 Å². The molecule has 0 N–H and O–H groups in total. The van der Waals surface area contributed by atoms with Crippen molar-refractivity contribution in [2.45, 2.75) is 12.7 Å². The first-order chi connectivity index (χ1) is 12.3. The first kappa shape index (κ1) is 18.1. The van der Waals surface area contributed by atoms with Gasteiger partial charge in [0.2, 0.25) is 5.82 Å². The third-order valence-corrected chi connectivity index (χ3v) is 4.31. The van der Waals surface area contributed by atoms with E-state index in [2.05, 4.69) is 14.7 Å². The minimum Gasteiger partial charge on any atom is -0.336 e. The molecule has 136 valence electrons. The Morgan fingerprint density at radius 2 is 2.08 bits per heavy atom. The van der Waals surface area contributed by atoms with Crippen molar-refractivity contribution in [3.63, 3.8) is 0 Å². The molecule has 0 aliphatic heterocycles. The van der Waals surface area contributed by atoms with Gasteiger partial charge in [0.05, 0.1) is 12.1 Å². The molecule has 0 atom stereocenters. The molecule has 1 aromatic carbocycles. The van der Waals surface area contributed by atoms with Crippen LogP contribution in [0, 0.1) is 5.82 Å². The Bertz CT molecular complexity index is 922. The summed E-state index contributed by atoms with van der Waals surface area (Å²) in [4.78, 5) is 17.8. The lowest BCUT2D eigenvalue weighted by molar-refractivity contribution is -0.159. The summed E-state index contributed by atoms with van der Waals surface area (Å²) >= 11 is 1.47. The fourth-order valence-corrected chi connectivity index (χ4v) is 2.95. The van der Waals surface area contributed by atoms with Gasteiger partial charge < -0.3 is 9.42 Å². The first-order valence-electron chi connectivity index (χ1n) is 7.24. The van der Waals surface area contributed by atoms with Crippen LogP contribution in [0.1, 0.15) is 21.1 Å². The standard InChI is InChI=1S/C16H11F4N3O2S/c1-23(8-10-3-2-6-26-10)14(24)11-5-4-9(7-12(11)17)13-21-15(25-22-13)16(18,19)20/h2-7H,8H2,1H3. The number of hydrogen-bond acceptors (Lipinski definition) is 5. The maximum absolute atomic E-state index is 14.3. The van der Waals surface area contributed by atoms with Gasteiger partial charge in [0, 0.05) is 17.5 Å². The van der Waals surface area contributed by atoms with E-state index < -0.39 is 29.6 Å². The van der Waals surface area contributed by atoms with E-state index in [1.54, 1.807) is 0 Å². The fraction of sp³-hybridized carbons (Fsp3) is 0.188. The molecule has 2 heterocycles. The van der Waals surface area contributed by atoms with Gasteiger partial charge in [-0.15, -0.1) is 11.3 Å². The van der Waals surface area contributed by atoms with Crippen LogP contribution in [-0.2, 0) is 12.7 Å². The molecule has 0 spiro atoms. The van der Waals surface area contributed by atoms with E-state index in [0.29, 0.717) is 6.54 Å². The predicted molar refractivity (Wildman–Crippen MR) is 84.8 cm³/mol. The molecule has 3 rings (SSSR count). The van der Waals surface area contributed by atoms with Crippen molar-refractivity contribution in [1.29, 1.82) is 0 Å². The summed E-state index contributed by atoms with van der Waals surface area (Å²) in [5.41, 5.74) is -0.230. The van der Waals surface area contributed by atoms with Crippen molar-refractivity contribution in [2.24, 2.45) is 0 Å². The molecule has 0 unspecified atom stereocenters. The van der Waals surface area contributed by atoms with Crippen molar-refractivity contribution in [3.05, 3.63) is 57.9 Å². The number of hydrogen-bond donors (Lipinski definition) is 0. The van der Waals surface area contributed by atoms with Gasteiger partial charge in [-0.1, -0.05) is 17.3 Å². The van der Waals surface area contributed by atoms with Gasteiger partial charge in [-0.3, -0.25) is 4.79 Å². The van der Waals surface area contributed by atoms with Crippen molar-refractivity contribution in [3.8, 4) is 11.4 Å². The summed E-state index contributed by atoms with van der Waals surface area (Å²) in [6, 6.07) is 7.04. The quantitative estimate of drug-likeness (QED) is 0.631. The van der Waals surface area contributed by atoms with Crippen LogP contribution in [0.5, 0.6) is 0 Å². The zero-order chi connectivity index (χ0) is 18.9. The third-order valence-electron chi connectivity index (χ3n) is 3.45. The van der Waals surface area contributed by atoms with Crippen molar-refractivity contribution >= 4 is 17.2 Å². The van der Waals surface area contributed by atoms with Crippen molar-refractivity contribution < 1.29 is 26.9 Å². The number of rotatable bonds is 4. The second-order valence-corrected chi connectivity index (χ2v) is 6.39. The number of thiophene rings is 1. The van der Waals surface area contributed by atoms with Gasteiger partial charge in [-0.05, 0) is 23.6 Å². The Kier molecular flexibility index (Phi) is 4.77. The summed E-state index contributed by atoms with van der Waals surface area (Å²) in [6.07, 6.45) is -4.79. The van der Waals surface area contributed by atoms with Gasteiger partial charge in [-0.25, -0.2) is 4.39 Å². The highest BCUT2D eigenvalue weighted by Gasteiger charge is 2.38. The number of carbonyl (C=O) groups excluding carboxylic acids is 1. The minimum absolute atomic E-state index is 0.0285. The molecular formula is C16H11F4N3O2S. The van der Waals surface area contributed by atoms with Crippen LogP contribution in [-0.4, -0.2) is 28.0 Å². The monoisotopic (exact) mass is 385 g/mol. The van der Waals surface area contributed by atoms with Crippen LogP contribution in [0.3, 0.4) is 0 Å². The molecule has 0 aliphatic rings. The molecule has 2 aromatic heterocycles. The van der Waals surface area contributed by atoms with Gasteiger partial charge >= 0.3 is 12.1 Å². The number of halogens is 4. The van der Waals surface area contributed by atoms with Gasteiger partial charge in [0.15, 0.2) is 0 Å². The smallest absolute Gasteiger partial charge is 0.336 e. The maximum Gasteiger partial charge on any atom is 0.471 e. The molecule has 0 radical (unpaired) electrons. The summed E-state index contributed by atoms with van der Waals surface area (Å²) in [5, 5.41) is 5.05. The molecule has 10 heteroatoms. The third kappa shape index (κ3) is 3.74. The van der Waals surface area contributed by atoms with E-state index in [-0.39, 0.29) is 11.1 Å². The number of aromatic nitrogens is 2. The summed E-state index contributed by atoms with van der Waals surface area (Å²) in [7, 11) is 1.53. The average molecular weight is 385 g/mol. The Morgan fingerprint density at radius 3 is 2.65 bits per heavy atom. The van der Waals surface area contributed by atoms with E-state index >= 15 is 0 Å². The molecule has 5 nitrogen and oxygen atoms in total. The lowest BCUT2D eigenvalue weighted by Crippen LogP contribution is -2.26. The normalized spacial score (nSPS) is 11.6. The lowest BCUT2D eigenvalue weighted by Gasteiger charge is -2.16. The summed E-state index contributed by atoms with van der Waals surface area (Å²) in [6.45, 7) is 0.317. The molecule has 1 amide bonds. The zero-order valence-electron chi connectivity index (χ0n) is 13.2. The van der Waals surface area contributed by atoms with Crippen molar-refractivity contribution in [1.82, 2.24) is 15.0 Å². The second kappa shape index (κ2) is 6.87. The van der Waals surface area contributed by atoms with Gasteiger partial charge in [0.25, 0.3) is 5.91 Å². The summed E-state index contributed by atoms with van der Waals surface area (Å²) in [5.74, 6) is -3.37. The molecule has 0 fully saturated rings. The van der Waals surface area contributed by atoms with E-state index in [1.165, 1.54) is 35.4 Å². The van der Waals surface area contributed by atoms with Crippen LogP contribution < -0.4 is 0 Å². The minimum atomic E-state index is -4.79. The Morgan fingerprint density at radius 1 is 1.31 bits per heavy atom. The second-order valence-electron chi connectivity index (χ2n) is 5.36. The molecule has 0 saturated carbocycles. The predicted octanol–water partition coefficient (Wildman–Crippen LogP) is 4.23. The molecular weight excluding hydrogens is 374 g/mol. The number of alkyl halides is 3. The first-order valence-corrected chi connectivity index (χ1v) is 8.12. The van der Waals surface area contributed by atoms with Gasteiger partial charge in [0.1, 0.15) is 5.82 Å². The highest BCUT2D eigenvalue weighted by molar-refractivity contribution is 7.09. The maximum atomic E-state index is 14.3. The molecule has 0 aliphatic carbocycles. The number of carbonyl (C=O) groups is 1. The number of benzene rings is 1. The molecule has 0 saturated heterocycles. The highest BCUT2D eigenvalue weighted by Crippen LogP contribution is 2.29. The van der Waals surface area contributed by atoms with Crippen LogP contribution >= 0.6 is 11.3 Å². The van der Waals surface area contributed by atoms with E-state index in [9.17, 15) is 22.4 Å². The van der Waals surface area contributed by atoms with Crippen LogP contribution in [0.2, 0.25) is 0 Å². The van der Waals surface area contributed by atoms with E-state index in [1.807, 2.05) is 17.5 Å². The average Bonchev–Trinajstić information content (AvgIpc) is 3.25. The zero-order valence-corrected chi connectivity index (χ0v) is 14.1. The number of amides is 1. The summed E-state index contributed by atoms with van der Waals surface area (Å²) < 4.78 is 55.9. The van der Waals surface area contributed by atoms with Crippen LogP contribution in [0.4, 0.5) is 17.6 Å². The SMILES string of the molecule is CN(Cc1cccs1)C(=O)c1ccc(-c2noc(C(F)(F)F)n2)cc1F. The van der Waals surface area contributed by atoms with E-state index in [0.717, 1.165) is 10.9 Å². The van der Waals surface area contributed by atoms with Gasteiger partial charge in [-0.2, -0.15) is 18.2 Å². The molecule has 0 bridgehead atoms. The molecule has 3 aromatic rings. The Balaban J connectivity index is 1.81. The fourth-order valence-electron chi connectivity index (χ4n) is 2.20. The largest absolute Gasteiger partial charge is 0.471 e. The Hall–Kier alpha value is -2.75. The molecule has 26 heavy (non-hydrogen) atoms. The van der Waals surface area contributed by atoms with E-state index in [4.69, 9.17) is 0 Å². The highest BCUT2D eigenvalue weighted by atomic mass is 32.1. The Labute approximate surface area is 148 Å².